The van der Waals surface area contributed by atoms with Crippen molar-refractivity contribution in [3.63, 3.8) is 0 Å². The molecule has 11 rings (SSSR count). The van der Waals surface area contributed by atoms with E-state index in [-0.39, 0.29) is 0 Å². The summed E-state index contributed by atoms with van der Waals surface area (Å²) < 4.78 is 2.32. The van der Waals surface area contributed by atoms with Gasteiger partial charge in [-0.25, -0.2) is 9.97 Å². The second-order valence-electron chi connectivity index (χ2n) is 15.5. The van der Waals surface area contributed by atoms with E-state index in [1.165, 1.54) is 10.8 Å². The van der Waals surface area contributed by atoms with Crippen LogP contribution in [0.4, 0.5) is 0 Å². The summed E-state index contributed by atoms with van der Waals surface area (Å²) >= 11 is 0. The van der Waals surface area contributed by atoms with Crippen molar-refractivity contribution in [3.8, 4) is 39.6 Å². The lowest BCUT2D eigenvalue weighted by atomic mass is 9.87. The molecule has 292 valence electrons. The van der Waals surface area contributed by atoms with Gasteiger partial charge in [0.1, 0.15) is 0 Å². The van der Waals surface area contributed by atoms with E-state index < -0.39 is 0 Å². The van der Waals surface area contributed by atoms with E-state index in [2.05, 4.69) is 180 Å². The molecule has 2 N–H and O–H groups in total. The zero-order valence-corrected chi connectivity index (χ0v) is 33.7. The van der Waals surface area contributed by atoms with E-state index >= 15 is 0 Å². The van der Waals surface area contributed by atoms with Crippen molar-refractivity contribution in [2.24, 2.45) is 0 Å². The average Bonchev–Trinajstić information content (AvgIpc) is 3.69. The molecule has 1 aliphatic heterocycles. The van der Waals surface area contributed by atoms with Gasteiger partial charge in [-0.15, -0.1) is 0 Å². The van der Waals surface area contributed by atoms with Crippen molar-refractivity contribution in [2.45, 2.75) is 0 Å². The van der Waals surface area contributed by atoms with E-state index in [0.29, 0.717) is 11.5 Å². The van der Waals surface area contributed by atoms with Crippen LogP contribution in [-0.4, -0.2) is 20.2 Å². The maximum Gasteiger partial charge on any atom is 0.160 e. The lowest BCUT2D eigenvalue weighted by Crippen LogP contribution is -2.20. The number of hydrogen-bond acceptors (Lipinski definition) is 4. The molecule has 0 fully saturated rings. The van der Waals surface area contributed by atoms with Gasteiger partial charge in [-0.1, -0.05) is 182 Å². The third kappa shape index (κ3) is 6.68. The van der Waals surface area contributed by atoms with Gasteiger partial charge in [0.15, 0.2) is 5.82 Å². The van der Waals surface area contributed by atoms with Crippen molar-refractivity contribution in [1.29, 1.82) is 5.41 Å². The van der Waals surface area contributed by atoms with Crippen molar-refractivity contribution in [1.82, 2.24) is 19.9 Å². The lowest BCUT2D eigenvalue weighted by Gasteiger charge is -2.26. The van der Waals surface area contributed by atoms with Crippen molar-refractivity contribution >= 4 is 50.6 Å². The smallest absolute Gasteiger partial charge is 0.160 e. The lowest BCUT2D eigenvalue weighted by molar-refractivity contribution is 1.16. The summed E-state index contributed by atoms with van der Waals surface area (Å²) in [5.41, 5.74) is 15.8. The van der Waals surface area contributed by atoms with Gasteiger partial charge in [0.05, 0.1) is 33.8 Å². The van der Waals surface area contributed by atoms with Crippen LogP contribution in [0, 0.1) is 5.41 Å². The Balaban J connectivity index is 1.05. The Morgan fingerprint density at radius 2 is 1.00 bits per heavy atom. The van der Waals surface area contributed by atoms with E-state index in [9.17, 15) is 5.41 Å². The Labute approximate surface area is 360 Å². The van der Waals surface area contributed by atoms with E-state index in [1.807, 2.05) is 54.6 Å². The third-order valence-electron chi connectivity index (χ3n) is 11.6. The van der Waals surface area contributed by atoms with Gasteiger partial charge in [0.2, 0.25) is 0 Å². The van der Waals surface area contributed by atoms with Crippen molar-refractivity contribution in [3.05, 3.63) is 246 Å². The predicted molar refractivity (Wildman–Crippen MR) is 257 cm³/mol. The second-order valence-corrected chi connectivity index (χ2v) is 15.5. The van der Waals surface area contributed by atoms with Crippen LogP contribution in [0.15, 0.2) is 218 Å². The number of rotatable bonds is 8. The first-order valence-electron chi connectivity index (χ1n) is 20.8. The normalized spacial score (nSPS) is 13.0. The Hall–Kier alpha value is -8.41. The molecule has 0 bridgehead atoms. The molecular formula is C57H39N5. The number of nitrogens with one attached hydrogen (secondary N) is 2. The number of fused-ring (bicyclic) bond motifs is 4. The van der Waals surface area contributed by atoms with Crippen molar-refractivity contribution < 1.29 is 0 Å². The number of benzene rings is 8. The quantitative estimate of drug-likeness (QED) is 0.151. The highest BCUT2D eigenvalue weighted by Crippen LogP contribution is 2.38. The maximum atomic E-state index is 10.0. The minimum Gasteiger partial charge on any atom is -0.354 e. The van der Waals surface area contributed by atoms with Crippen LogP contribution < -0.4 is 5.32 Å². The first-order valence-corrected chi connectivity index (χ1v) is 20.8. The van der Waals surface area contributed by atoms with Crippen LogP contribution in [0.3, 0.4) is 0 Å². The van der Waals surface area contributed by atoms with Crippen LogP contribution >= 0.6 is 0 Å². The van der Waals surface area contributed by atoms with Gasteiger partial charge in [-0.05, 0) is 59.2 Å². The Morgan fingerprint density at radius 1 is 0.452 bits per heavy atom. The number of nitrogens with zero attached hydrogens (tertiary/aromatic N) is 3. The van der Waals surface area contributed by atoms with Gasteiger partial charge in [-0.3, -0.25) is 5.41 Å². The molecule has 5 heteroatoms. The SMILES string of the molecule is N=C(/C(=C1\NC(c2ccccc2)=Cc2ccccc21)c1ccccc1)c1cccc(-c2cc(-c3ccccc3)nc(-c3cccc(-n4c5ccccc5c5ccccc54)c3)n2)c1. The van der Waals surface area contributed by atoms with Gasteiger partial charge < -0.3 is 9.88 Å². The Bertz CT molecular complexity index is 3330. The molecule has 62 heavy (non-hydrogen) atoms. The zero-order valence-electron chi connectivity index (χ0n) is 33.7. The average molecular weight is 794 g/mol. The molecule has 0 aliphatic carbocycles. The first-order chi connectivity index (χ1) is 30.7. The molecule has 2 aromatic heterocycles. The molecule has 3 heterocycles. The summed E-state index contributed by atoms with van der Waals surface area (Å²) in [6.07, 6.45) is 2.19. The van der Waals surface area contributed by atoms with Crippen molar-refractivity contribution in [2.75, 3.05) is 0 Å². The van der Waals surface area contributed by atoms with Crippen LogP contribution in [0.1, 0.15) is 27.8 Å². The highest BCUT2D eigenvalue weighted by atomic mass is 15.0. The molecule has 0 amide bonds. The monoisotopic (exact) mass is 793 g/mol. The number of aromatic nitrogens is 3. The van der Waals surface area contributed by atoms with Gasteiger partial charge in [0, 0.05) is 55.5 Å². The second kappa shape index (κ2) is 15.6. The first kappa shape index (κ1) is 36.7. The fourth-order valence-electron chi connectivity index (χ4n) is 8.68. The third-order valence-corrected chi connectivity index (χ3v) is 11.6. The van der Waals surface area contributed by atoms with Crippen LogP contribution in [0.5, 0.6) is 0 Å². The van der Waals surface area contributed by atoms with E-state index in [0.717, 1.165) is 89.6 Å². The molecule has 5 nitrogen and oxygen atoms in total. The van der Waals surface area contributed by atoms with E-state index in [1.54, 1.807) is 0 Å². The molecule has 1 aliphatic rings. The molecule has 0 unspecified atom stereocenters. The minimum atomic E-state index is 0.404. The molecule has 8 aromatic carbocycles. The summed E-state index contributed by atoms with van der Waals surface area (Å²) in [6.45, 7) is 0. The van der Waals surface area contributed by atoms with Crippen LogP contribution in [0.2, 0.25) is 0 Å². The summed E-state index contributed by atoms with van der Waals surface area (Å²) in [6, 6.07) is 75.2. The number of hydrogen-bond donors (Lipinski definition) is 2. The van der Waals surface area contributed by atoms with Gasteiger partial charge in [-0.2, -0.15) is 0 Å². The summed E-state index contributed by atoms with van der Waals surface area (Å²) in [5, 5.41) is 16.3. The molecule has 0 atom stereocenters. The highest BCUT2D eigenvalue weighted by Gasteiger charge is 2.24. The molecule has 10 aromatic rings. The molecule has 0 saturated carbocycles. The largest absolute Gasteiger partial charge is 0.354 e. The Kier molecular flexibility index (Phi) is 9.25. The molecular weight excluding hydrogens is 755 g/mol. The molecule has 0 saturated heterocycles. The standard InChI is InChI=1S/C57H39N5/c58-55(54(40-22-8-3-9-23-40)56-46-29-11-10-24-41(46)36-49(59-56)38-18-4-1-5-19-38)43-26-16-25-42(34-43)51-37-50(39-20-6-2-7-21-39)60-57(61-51)44-27-17-28-45(35-44)62-52-32-14-12-30-47(52)48-31-13-15-33-53(48)62/h1-37,58-59H/b56-54-,58-55?. The number of para-hydroxylation sites is 2. The fraction of sp³-hybridized carbons (Fsp3) is 0. The molecule has 0 radical (unpaired) electrons. The topological polar surface area (TPSA) is 66.6 Å². The Morgan fingerprint density at radius 3 is 1.73 bits per heavy atom. The van der Waals surface area contributed by atoms with Crippen LogP contribution in [0.25, 0.3) is 84.4 Å². The summed E-state index contributed by atoms with van der Waals surface area (Å²) in [7, 11) is 0. The molecule has 0 spiro atoms. The van der Waals surface area contributed by atoms with E-state index in [4.69, 9.17) is 9.97 Å². The fourth-order valence-corrected chi connectivity index (χ4v) is 8.68. The zero-order chi connectivity index (χ0) is 41.4. The maximum absolute atomic E-state index is 10.0. The van der Waals surface area contributed by atoms with Gasteiger partial charge >= 0.3 is 0 Å². The number of allylic oxidation sites excluding steroid dienone is 1. The van der Waals surface area contributed by atoms with Crippen LogP contribution in [-0.2, 0) is 0 Å². The minimum absolute atomic E-state index is 0.404. The summed E-state index contributed by atoms with van der Waals surface area (Å²) in [5.74, 6) is 0.625. The predicted octanol–water partition coefficient (Wildman–Crippen LogP) is 13.6. The highest BCUT2D eigenvalue weighted by molar-refractivity contribution is 6.36. The van der Waals surface area contributed by atoms with Gasteiger partial charge in [0.25, 0.3) is 0 Å². The summed E-state index contributed by atoms with van der Waals surface area (Å²) in [4.78, 5) is 10.5.